The Bertz CT molecular complexity index is 465. The van der Waals surface area contributed by atoms with Crippen LogP contribution in [0.4, 0.5) is 4.39 Å². The Balaban J connectivity index is 2.47. The van der Waals surface area contributed by atoms with Crippen LogP contribution < -0.4 is 0 Å². The Kier molecular flexibility index (Phi) is 1.96. The number of hydrogen-bond donors (Lipinski definition) is 1. The van der Waals surface area contributed by atoms with Gasteiger partial charge in [-0.05, 0) is 25.1 Å². The quantitative estimate of drug-likeness (QED) is 0.756. The van der Waals surface area contributed by atoms with E-state index in [0.29, 0.717) is 17.0 Å². The minimum absolute atomic E-state index is 0.367. The molecule has 0 saturated carbocycles. The van der Waals surface area contributed by atoms with E-state index in [9.17, 15) is 4.39 Å². The lowest BCUT2D eigenvalue weighted by Gasteiger charge is -1.97. The predicted molar refractivity (Wildman–Crippen MR) is 48.3 cm³/mol. The van der Waals surface area contributed by atoms with Crippen LogP contribution in [0.25, 0.3) is 11.3 Å². The van der Waals surface area contributed by atoms with E-state index in [0.717, 1.165) is 0 Å². The fourth-order valence-electron chi connectivity index (χ4n) is 1.17. The van der Waals surface area contributed by atoms with Crippen LogP contribution in [-0.2, 0) is 0 Å². The lowest BCUT2D eigenvalue weighted by atomic mass is 10.1. The number of nitrogens with zero attached hydrogens (tertiary/aromatic N) is 1. The molecular formula is C10H8FNO2. The van der Waals surface area contributed by atoms with E-state index >= 15 is 0 Å². The summed E-state index contributed by atoms with van der Waals surface area (Å²) in [6, 6.07) is 5.78. The highest BCUT2D eigenvalue weighted by molar-refractivity contribution is 5.59. The van der Waals surface area contributed by atoms with Crippen LogP contribution in [0.1, 0.15) is 5.76 Å². The van der Waals surface area contributed by atoms with Gasteiger partial charge in [0.15, 0.2) is 11.6 Å². The first kappa shape index (κ1) is 8.74. The summed E-state index contributed by atoms with van der Waals surface area (Å²) in [4.78, 5) is 0. The van der Waals surface area contributed by atoms with Crippen molar-refractivity contribution in [2.45, 2.75) is 6.92 Å². The van der Waals surface area contributed by atoms with Gasteiger partial charge in [0.2, 0.25) is 0 Å². The second kappa shape index (κ2) is 3.14. The summed E-state index contributed by atoms with van der Waals surface area (Å²) in [6.45, 7) is 1.76. The molecule has 0 amide bonds. The van der Waals surface area contributed by atoms with E-state index in [2.05, 4.69) is 5.16 Å². The standard InChI is InChI=1S/C10H8FNO2/c1-6-4-9(12-14-6)7-2-3-10(13)8(11)5-7/h2-5,13H,1H3. The number of phenols is 1. The summed E-state index contributed by atoms with van der Waals surface area (Å²) in [6.07, 6.45) is 0. The van der Waals surface area contributed by atoms with Crippen LogP contribution in [0.5, 0.6) is 5.75 Å². The maximum absolute atomic E-state index is 13.0. The zero-order valence-corrected chi connectivity index (χ0v) is 7.49. The first-order valence-corrected chi connectivity index (χ1v) is 4.09. The van der Waals surface area contributed by atoms with Gasteiger partial charge in [-0.15, -0.1) is 0 Å². The Morgan fingerprint density at radius 1 is 1.36 bits per heavy atom. The molecule has 1 aromatic carbocycles. The van der Waals surface area contributed by atoms with Crippen molar-refractivity contribution in [3.05, 3.63) is 35.8 Å². The number of hydrogen-bond acceptors (Lipinski definition) is 3. The molecule has 0 fully saturated rings. The van der Waals surface area contributed by atoms with E-state index in [1.807, 2.05) is 0 Å². The van der Waals surface area contributed by atoms with Crippen LogP contribution >= 0.6 is 0 Å². The van der Waals surface area contributed by atoms with Crippen LogP contribution in [0.2, 0.25) is 0 Å². The van der Waals surface area contributed by atoms with Crippen molar-refractivity contribution in [1.29, 1.82) is 0 Å². The summed E-state index contributed by atoms with van der Waals surface area (Å²) >= 11 is 0. The summed E-state index contributed by atoms with van der Waals surface area (Å²) in [5.41, 5.74) is 1.14. The van der Waals surface area contributed by atoms with Gasteiger partial charge in [-0.2, -0.15) is 0 Å². The van der Waals surface area contributed by atoms with Gasteiger partial charge in [-0.3, -0.25) is 0 Å². The third-order valence-electron chi connectivity index (χ3n) is 1.87. The molecule has 0 atom stereocenters. The molecule has 2 rings (SSSR count). The minimum atomic E-state index is -0.664. The van der Waals surface area contributed by atoms with E-state index in [1.165, 1.54) is 12.1 Å². The smallest absolute Gasteiger partial charge is 0.165 e. The number of aromatic hydroxyl groups is 1. The van der Waals surface area contributed by atoms with E-state index in [1.54, 1.807) is 19.1 Å². The lowest BCUT2D eigenvalue weighted by Crippen LogP contribution is -1.80. The molecule has 1 heterocycles. The minimum Gasteiger partial charge on any atom is -0.505 e. The fraction of sp³-hybridized carbons (Fsp3) is 0.100. The zero-order chi connectivity index (χ0) is 10.1. The largest absolute Gasteiger partial charge is 0.505 e. The highest BCUT2D eigenvalue weighted by Gasteiger charge is 2.06. The van der Waals surface area contributed by atoms with Gasteiger partial charge < -0.3 is 9.63 Å². The third-order valence-corrected chi connectivity index (χ3v) is 1.87. The maximum atomic E-state index is 13.0. The van der Waals surface area contributed by atoms with Crippen LogP contribution in [-0.4, -0.2) is 10.3 Å². The van der Waals surface area contributed by atoms with Crippen molar-refractivity contribution in [2.24, 2.45) is 0 Å². The average molecular weight is 193 g/mol. The van der Waals surface area contributed by atoms with Crippen molar-refractivity contribution < 1.29 is 14.0 Å². The summed E-state index contributed by atoms with van der Waals surface area (Å²) in [5, 5.41) is 12.7. The van der Waals surface area contributed by atoms with Gasteiger partial charge in [0, 0.05) is 11.6 Å². The summed E-state index contributed by atoms with van der Waals surface area (Å²) < 4.78 is 17.8. The number of aryl methyl sites for hydroxylation is 1. The summed E-state index contributed by atoms with van der Waals surface area (Å²) in [5.74, 6) is -0.370. The highest BCUT2D eigenvalue weighted by atomic mass is 19.1. The molecule has 14 heavy (non-hydrogen) atoms. The molecule has 3 nitrogen and oxygen atoms in total. The zero-order valence-electron chi connectivity index (χ0n) is 7.49. The van der Waals surface area contributed by atoms with E-state index < -0.39 is 5.82 Å². The molecule has 0 radical (unpaired) electrons. The Hall–Kier alpha value is -1.84. The monoisotopic (exact) mass is 193 g/mol. The molecule has 72 valence electrons. The van der Waals surface area contributed by atoms with Gasteiger partial charge in [0.05, 0.1) is 0 Å². The number of rotatable bonds is 1. The van der Waals surface area contributed by atoms with Crippen LogP contribution in [0.15, 0.2) is 28.8 Å². The normalized spacial score (nSPS) is 10.4. The third kappa shape index (κ3) is 1.46. The SMILES string of the molecule is Cc1cc(-c2ccc(O)c(F)c2)no1. The van der Waals surface area contributed by atoms with Crippen molar-refractivity contribution in [3.63, 3.8) is 0 Å². The van der Waals surface area contributed by atoms with Gasteiger partial charge in [-0.1, -0.05) is 5.16 Å². The van der Waals surface area contributed by atoms with Crippen molar-refractivity contribution in [1.82, 2.24) is 5.16 Å². The maximum Gasteiger partial charge on any atom is 0.165 e. The molecular weight excluding hydrogens is 185 g/mol. The van der Waals surface area contributed by atoms with Crippen LogP contribution in [0, 0.1) is 12.7 Å². The van der Waals surface area contributed by atoms with Gasteiger partial charge in [0.1, 0.15) is 11.5 Å². The molecule has 1 aromatic heterocycles. The molecule has 1 N–H and O–H groups in total. The van der Waals surface area contributed by atoms with Crippen molar-refractivity contribution in [2.75, 3.05) is 0 Å². The highest BCUT2D eigenvalue weighted by Crippen LogP contribution is 2.24. The lowest BCUT2D eigenvalue weighted by molar-refractivity contribution is 0.399. The van der Waals surface area contributed by atoms with Gasteiger partial charge in [-0.25, -0.2) is 4.39 Å². The molecule has 0 spiro atoms. The second-order valence-corrected chi connectivity index (χ2v) is 2.99. The summed E-state index contributed by atoms with van der Waals surface area (Å²) in [7, 11) is 0. The molecule has 0 unspecified atom stereocenters. The van der Waals surface area contributed by atoms with Crippen molar-refractivity contribution in [3.8, 4) is 17.0 Å². The first-order valence-electron chi connectivity index (χ1n) is 4.09. The van der Waals surface area contributed by atoms with E-state index in [4.69, 9.17) is 9.63 Å². The Morgan fingerprint density at radius 2 is 2.14 bits per heavy atom. The van der Waals surface area contributed by atoms with Gasteiger partial charge >= 0.3 is 0 Å². The topological polar surface area (TPSA) is 46.3 Å². The van der Waals surface area contributed by atoms with Gasteiger partial charge in [0.25, 0.3) is 0 Å². The molecule has 4 heteroatoms. The Labute approximate surface area is 79.8 Å². The molecule has 0 bridgehead atoms. The molecule has 0 aliphatic carbocycles. The number of phenolic OH excluding ortho intramolecular Hbond substituents is 1. The molecule has 2 aromatic rings. The first-order chi connectivity index (χ1) is 6.66. The molecule has 0 aliphatic heterocycles. The number of benzene rings is 1. The molecule has 0 saturated heterocycles. The predicted octanol–water partition coefficient (Wildman–Crippen LogP) is 2.49. The Morgan fingerprint density at radius 3 is 2.71 bits per heavy atom. The van der Waals surface area contributed by atoms with E-state index in [-0.39, 0.29) is 5.75 Å². The van der Waals surface area contributed by atoms with Crippen LogP contribution in [0.3, 0.4) is 0 Å². The number of aromatic nitrogens is 1. The number of halogens is 1. The average Bonchev–Trinajstić information content (AvgIpc) is 2.57. The fourth-order valence-corrected chi connectivity index (χ4v) is 1.17. The van der Waals surface area contributed by atoms with Crippen molar-refractivity contribution >= 4 is 0 Å². The second-order valence-electron chi connectivity index (χ2n) is 2.99. The molecule has 0 aliphatic rings.